The zero-order chi connectivity index (χ0) is 13.1. The van der Waals surface area contributed by atoms with Crippen molar-refractivity contribution in [1.29, 1.82) is 0 Å². The molecule has 0 spiro atoms. The van der Waals surface area contributed by atoms with Crippen molar-refractivity contribution in [3.05, 3.63) is 0 Å². The summed E-state index contributed by atoms with van der Waals surface area (Å²) in [6.45, 7) is 5.66. The van der Waals surface area contributed by atoms with Crippen molar-refractivity contribution in [2.24, 2.45) is 0 Å². The van der Waals surface area contributed by atoms with Gasteiger partial charge in [0.2, 0.25) is 5.91 Å². The van der Waals surface area contributed by atoms with Crippen LogP contribution in [0.4, 0.5) is 0 Å². The first kappa shape index (κ1) is 16.4. The summed E-state index contributed by atoms with van der Waals surface area (Å²) >= 11 is 0. The molecule has 0 rings (SSSR count). The Labute approximate surface area is 105 Å². The number of carbonyl (C=O) groups is 1. The second-order valence-electron chi connectivity index (χ2n) is 4.18. The van der Waals surface area contributed by atoms with E-state index in [-0.39, 0.29) is 12.5 Å². The molecule has 0 bridgehead atoms. The summed E-state index contributed by atoms with van der Waals surface area (Å²) in [5.41, 5.74) is 0. The van der Waals surface area contributed by atoms with E-state index in [0.29, 0.717) is 13.2 Å². The minimum Gasteiger partial charge on any atom is -0.382 e. The highest BCUT2D eigenvalue weighted by Gasteiger charge is 2.11. The molecule has 0 aromatic heterocycles. The number of ether oxygens (including phenoxy) is 2. The van der Waals surface area contributed by atoms with E-state index in [2.05, 4.69) is 4.90 Å². The van der Waals surface area contributed by atoms with Crippen LogP contribution in [0, 0.1) is 0 Å². The third-order valence-corrected chi connectivity index (χ3v) is 2.43. The lowest BCUT2D eigenvalue weighted by Gasteiger charge is -2.21. The van der Waals surface area contributed by atoms with Crippen LogP contribution < -0.4 is 0 Å². The molecule has 0 saturated heterocycles. The third-order valence-electron chi connectivity index (χ3n) is 2.43. The molecule has 0 saturated carbocycles. The van der Waals surface area contributed by atoms with Crippen LogP contribution in [0.5, 0.6) is 0 Å². The average molecular weight is 246 g/mol. The molecule has 0 aliphatic heterocycles. The molecule has 102 valence electrons. The smallest absolute Gasteiger partial charge is 0.248 e. The van der Waals surface area contributed by atoms with Gasteiger partial charge in [-0.05, 0) is 34.0 Å². The van der Waals surface area contributed by atoms with Crippen LogP contribution in [0.1, 0.15) is 13.3 Å². The zero-order valence-corrected chi connectivity index (χ0v) is 11.6. The minimum absolute atomic E-state index is 0.0577. The van der Waals surface area contributed by atoms with Crippen molar-refractivity contribution in [3.63, 3.8) is 0 Å². The molecule has 0 unspecified atom stereocenters. The summed E-state index contributed by atoms with van der Waals surface area (Å²) in [4.78, 5) is 15.7. The highest BCUT2D eigenvalue weighted by molar-refractivity contribution is 5.77. The van der Waals surface area contributed by atoms with Crippen molar-refractivity contribution < 1.29 is 14.3 Å². The number of likely N-dealkylation sites (N-methyl/N-ethyl adjacent to an activating group) is 1. The molecule has 0 fully saturated rings. The van der Waals surface area contributed by atoms with Gasteiger partial charge in [-0.1, -0.05) is 0 Å². The van der Waals surface area contributed by atoms with Crippen LogP contribution in [-0.2, 0) is 14.3 Å². The fourth-order valence-electron chi connectivity index (χ4n) is 1.43. The van der Waals surface area contributed by atoms with Crippen LogP contribution in [0.3, 0.4) is 0 Å². The molecule has 0 N–H and O–H groups in total. The molecule has 0 aromatic rings. The molecule has 5 nitrogen and oxygen atoms in total. The normalized spacial score (nSPS) is 10.9. The van der Waals surface area contributed by atoms with Gasteiger partial charge in [-0.2, -0.15) is 0 Å². The lowest BCUT2D eigenvalue weighted by molar-refractivity contribution is -0.136. The van der Waals surface area contributed by atoms with Gasteiger partial charge in [0.05, 0.1) is 13.2 Å². The molecule has 0 heterocycles. The van der Waals surface area contributed by atoms with Gasteiger partial charge in [-0.3, -0.25) is 4.79 Å². The second-order valence-corrected chi connectivity index (χ2v) is 4.18. The number of nitrogens with zero attached hydrogens (tertiary/aromatic N) is 2. The number of hydrogen-bond acceptors (Lipinski definition) is 4. The first-order valence-electron chi connectivity index (χ1n) is 6.11. The molecule has 1 amide bonds. The Hall–Kier alpha value is -0.650. The Balaban J connectivity index is 3.71. The van der Waals surface area contributed by atoms with Gasteiger partial charge in [-0.25, -0.2) is 0 Å². The van der Waals surface area contributed by atoms with Crippen LogP contribution in [0.15, 0.2) is 0 Å². The monoisotopic (exact) mass is 246 g/mol. The zero-order valence-electron chi connectivity index (χ0n) is 11.6. The predicted octanol–water partition coefficient (Wildman–Crippen LogP) is 0.450. The van der Waals surface area contributed by atoms with E-state index in [9.17, 15) is 4.79 Å². The van der Waals surface area contributed by atoms with Gasteiger partial charge >= 0.3 is 0 Å². The van der Waals surface area contributed by atoms with Gasteiger partial charge in [-0.15, -0.1) is 0 Å². The van der Waals surface area contributed by atoms with Crippen molar-refractivity contribution in [2.45, 2.75) is 13.3 Å². The molecular formula is C12H26N2O3. The van der Waals surface area contributed by atoms with Crippen molar-refractivity contribution in [2.75, 3.05) is 60.7 Å². The Morgan fingerprint density at radius 1 is 1.18 bits per heavy atom. The van der Waals surface area contributed by atoms with E-state index in [0.717, 1.165) is 26.1 Å². The predicted molar refractivity (Wildman–Crippen MR) is 68.1 cm³/mol. The Morgan fingerprint density at radius 3 is 2.41 bits per heavy atom. The Bertz CT molecular complexity index is 198. The molecule has 0 aliphatic carbocycles. The number of carbonyl (C=O) groups excluding carboxylic acids is 1. The summed E-state index contributed by atoms with van der Waals surface area (Å²) in [5, 5.41) is 0. The van der Waals surface area contributed by atoms with Crippen molar-refractivity contribution >= 4 is 5.91 Å². The first-order chi connectivity index (χ1) is 8.11. The number of rotatable bonds is 10. The fraction of sp³-hybridized carbons (Fsp3) is 0.917. The van der Waals surface area contributed by atoms with Gasteiger partial charge in [0.1, 0.15) is 6.61 Å². The van der Waals surface area contributed by atoms with Gasteiger partial charge in [0.15, 0.2) is 0 Å². The molecule has 0 radical (unpaired) electrons. The fourth-order valence-corrected chi connectivity index (χ4v) is 1.43. The molecular weight excluding hydrogens is 220 g/mol. The number of methoxy groups -OCH3 is 1. The molecule has 0 aliphatic rings. The van der Waals surface area contributed by atoms with Crippen LogP contribution in [-0.4, -0.2) is 76.4 Å². The van der Waals surface area contributed by atoms with Crippen molar-refractivity contribution in [3.8, 4) is 0 Å². The maximum atomic E-state index is 11.8. The lowest BCUT2D eigenvalue weighted by Crippen LogP contribution is -2.36. The second kappa shape index (κ2) is 10.5. The lowest BCUT2D eigenvalue weighted by atomic mass is 10.3. The van der Waals surface area contributed by atoms with Crippen LogP contribution in [0.2, 0.25) is 0 Å². The summed E-state index contributed by atoms with van der Waals surface area (Å²) in [7, 11) is 5.68. The quantitative estimate of drug-likeness (QED) is 0.525. The van der Waals surface area contributed by atoms with E-state index in [1.54, 1.807) is 7.11 Å². The van der Waals surface area contributed by atoms with Crippen LogP contribution >= 0.6 is 0 Å². The highest BCUT2D eigenvalue weighted by Crippen LogP contribution is 1.95. The Kier molecular flexibility index (Phi) is 10.1. The summed E-state index contributed by atoms with van der Waals surface area (Å²) in [6.07, 6.45) is 0.991. The first-order valence-corrected chi connectivity index (χ1v) is 6.11. The van der Waals surface area contributed by atoms with E-state index in [4.69, 9.17) is 9.47 Å². The molecule has 17 heavy (non-hydrogen) atoms. The molecule has 0 aromatic carbocycles. The van der Waals surface area contributed by atoms with Crippen molar-refractivity contribution in [1.82, 2.24) is 9.80 Å². The maximum Gasteiger partial charge on any atom is 0.248 e. The van der Waals surface area contributed by atoms with E-state index in [1.807, 2.05) is 25.9 Å². The molecule has 0 atom stereocenters. The maximum absolute atomic E-state index is 11.8. The standard InChI is InChI=1S/C12H26N2O3/c1-5-14(8-6-7-13(2)3)12(15)11-17-10-9-16-4/h5-11H2,1-4H3. The summed E-state index contributed by atoms with van der Waals surface area (Å²) in [5.74, 6) is 0.0577. The minimum atomic E-state index is 0.0577. The summed E-state index contributed by atoms with van der Waals surface area (Å²) in [6, 6.07) is 0. The third kappa shape index (κ3) is 9.09. The van der Waals surface area contributed by atoms with E-state index >= 15 is 0 Å². The summed E-state index contributed by atoms with van der Waals surface area (Å²) < 4.78 is 10.1. The topological polar surface area (TPSA) is 42.0 Å². The van der Waals surface area contributed by atoms with E-state index < -0.39 is 0 Å². The molecule has 5 heteroatoms. The Morgan fingerprint density at radius 2 is 1.88 bits per heavy atom. The van der Waals surface area contributed by atoms with Crippen LogP contribution in [0.25, 0.3) is 0 Å². The number of amides is 1. The average Bonchev–Trinajstić information content (AvgIpc) is 2.29. The van der Waals surface area contributed by atoms with Gasteiger partial charge in [0, 0.05) is 20.2 Å². The van der Waals surface area contributed by atoms with Gasteiger partial charge in [0.25, 0.3) is 0 Å². The van der Waals surface area contributed by atoms with E-state index in [1.165, 1.54) is 0 Å². The van der Waals surface area contributed by atoms with Gasteiger partial charge < -0.3 is 19.3 Å². The highest BCUT2D eigenvalue weighted by atomic mass is 16.5. The number of hydrogen-bond donors (Lipinski definition) is 0. The SMILES string of the molecule is CCN(CCCN(C)C)C(=O)COCCOC. The largest absolute Gasteiger partial charge is 0.382 e.